The highest BCUT2D eigenvalue weighted by molar-refractivity contribution is 5.26. The zero-order valence-electron chi connectivity index (χ0n) is 11.9. The van der Waals surface area contributed by atoms with E-state index in [1.807, 2.05) is 12.1 Å². The first-order valence-corrected chi connectivity index (χ1v) is 7.24. The van der Waals surface area contributed by atoms with Gasteiger partial charge in [0.25, 0.3) is 0 Å². The van der Waals surface area contributed by atoms with Crippen molar-refractivity contribution in [1.82, 2.24) is 4.90 Å². The van der Waals surface area contributed by atoms with Gasteiger partial charge in [-0.2, -0.15) is 0 Å². The second kappa shape index (κ2) is 6.51. The van der Waals surface area contributed by atoms with Crippen molar-refractivity contribution >= 4 is 0 Å². The first-order valence-electron chi connectivity index (χ1n) is 7.24. The van der Waals surface area contributed by atoms with Gasteiger partial charge in [0.15, 0.2) is 0 Å². The molecule has 19 heavy (non-hydrogen) atoms. The molecule has 0 unspecified atom stereocenters. The average molecular weight is 263 g/mol. The Kier molecular flexibility index (Phi) is 4.97. The van der Waals surface area contributed by atoms with Crippen LogP contribution in [0.25, 0.3) is 0 Å². The normalized spacial score (nSPS) is 22.7. The van der Waals surface area contributed by atoms with Crippen LogP contribution in [0, 0.1) is 0 Å². The third-order valence-electron chi connectivity index (χ3n) is 3.90. The summed E-state index contributed by atoms with van der Waals surface area (Å²) in [5.41, 5.74) is 2.26. The number of likely N-dealkylation sites (tertiary alicyclic amines) is 1. The highest BCUT2D eigenvalue weighted by atomic mass is 16.3. The SMILES string of the molecule is CC(C)c1ccc([C@H](O)CN2CCC[C@@H](O)C2)cc1. The van der Waals surface area contributed by atoms with Gasteiger partial charge >= 0.3 is 0 Å². The van der Waals surface area contributed by atoms with E-state index in [2.05, 4.69) is 30.9 Å². The Morgan fingerprint density at radius 3 is 2.42 bits per heavy atom. The fourth-order valence-corrected chi connectivity index (χ4v) is 2.65. The molecule has 0 spiro atoms. The van der Waals surface area contributed by atoms with E-state index in [0.29, 0.717) is 19.0 Å². The molecule has 0 aromatic heterocycles. The molecule has 1 aromatic rings. The van der Waals surface area contributed by atoms with E-state index in [4.69, 9.17) is 0 Å². The van der Waals surface area contributed by atoms with Gasteiger partial charge in [0.05, 0.1) is 12.2 Å². The Hall–Kier alpha value is -0.900. The average Bonchev–Trinajstić information content (AvgIpc) is 2.39. The lowest BCUT2D eigenvalue weighted by molar-refractivity contribution is 0.0392. The van der Waals surface area contributed by atoms with Gasteiger partial charge in [-0.1, -0.05) is 38.1 Å². The molecule has 0 amide bonds. The monoisotopic (exact) mass is 263 g/mol. The Labute approximate surface area is 115 Å². The van der Waals surface area contributed by atoms with E-state index in [1.54, 1.807) is 0 Å². The molecular formula is C16H25NO2. The predicted molar refractivity (Wildman–Crippen MR) is 77.2 cm³/mol. The van der Waals surface area contributed by atoms with Crippen LogP contribution < -0.4 is 0 Å². The van der Waals surface area contributed by atoms with Gasteiger partial charge in [0, 0.05) is 13.1 Å². The van der Waals surface area contributed by atoms with Crippen LogP contribution in [0.5, 0.6) is 0 Å². The Morgan fingerprint density at radius 2 is 1.84 bits per heavy atom. The molecule has 106 valence electrons. The van der Waals surface area contributed by atoms with Gasteiger partial charge in [0.1, 0.15) is 0 Å². The molecule has 0 radical (unpaired) electrons. The number of piperidine rings is 1. The van der Waals surface area contributed by atoms with Crippen molar-refractivity contribution in [1.29, 1.82) is 0 Å². The molecule has 1 fully saturated rings. The molecule has 1 aliphatic heterocycles. The molecule has 0 saturated carbocycles. The zero-order valence-corrected chi connectivity index (χ0v) is 11.9. The topological polar surface area (TPSA) is 43.7 Å². The molecule has 1 saturated heterocycles. The summed E-state index contributed by atoms with van der Waals surface area (Å²) in [6.45, 7) is 6.60. The van der Waals surface area contributed by atoms with Crippen LogP contribution in [0.15, 0.2) is 24.3 Å². The maximum atomic E-state index is 10.3. The van der Waals surface area contributed by atoms with Gasteiger partial charge in [-0.25, -0.2) is 0 Å². The number of aliphatic hydroxyl groups is 2. The van der Waals surface area contributed by atoms with Crippen molar-refractivity contribution in [2.24, 2.45) is 0 Å². The van der Waals surface area contributed by atoms with E-state index >= 15 is 0 Å². The number of hydrogen-bond donors (Lipinski definition) is 2. The lowest BCUT2D eigenvalue weighted by Crippen LogP contribution is -2.40. The summed E-state index contributed by atoms with van der Waals surface area (Å²) < 4.78 is 0. The highest BCUT2D eigenvalue weighted by Gasteiger charge is 2.20. The van der Waals surface area contributed by atoms with Gasteiger partial charge in [-0.3, -0.25) is 4.90 Å². The van der Waals surface area contributed by atoms with E-state index < -0.39 is 6.10 Å². The van der Waals surface area contributed by atoms with Crippen molar-refractivity contribution in [3.63, 3.8) is 0 Å². The van der Waals surface area contributed by atoms with Crippen LogP contribution in [0.4, 0.5) is 0 Å². The Morgan fingerprint density at radius 1 is 1.21 bits per heavy atom. The summed E-state index contributed by atoms with van der Waals surface area (Å²) >= 11 is 0. The van der Waals surface area contributed by atoms with Crippen molar-refractivity contribution in [3.05, 3.63) is 35.4 Å². The van der Waals surface area contributed by atoms with Crippen LogP contribution in [-0.2, 0) is 0 Å². The molecule has 1 aliphatic rings. The maximum absolute atomic E-state index is 10.3. The van der Waals surface area contributed by atoms with E-state index in [0.717, 1.165) is 24.9 Å². The quantitative estimate of drug-likeness (QED) is 0.876. The molecule has 1 heterocycles. The number of rotatable bonds is 4. The lowest BCUT2D eigenvalue weighted by Gasteiger charge is -2.31. The molecule has 2 atom stereocenters. The first kappa shape index (κ1) is 14.5. The summed E-state index contributed by atoms with van der Waals surface area (Å²) in [5.74, 6) is 0.517. The van der Waals surface area contributed by atoms with Gasteiger partial charge in [0.2, 0.25) is 0 Å². The van der Waals surface area contributed by atoms with E-state index in [-0.39, 0.29) is 6.10 Å². The summed E-state index contributed by atoms with van der Waals surface area (Å²) in [7, 11) is 0. The van der Waals surface area contributed by atoms with E-state index in [1.165, 1.54) is 5.56 Å². The second-order valence-electron chi connectivity index (χ2n) is 5.89. The summed E-state index contributed by atoms with van der Waals surface area (Å²) in [6, 6.07) is 8.21. The molecular weight excluding hydrogens is 238 g/mol. The minimum absolute atomic E-state index is 0.232. The number of benzene rings is 1. The van der Waals surface area contributed by atoms with Gasteiger partial charge in [-0.05, 0) is 36.4 Å². The smallest absolute Gasteiger partial charge is 0.0916 e. The van der Waals surface area contributed by atoms with Crippen molar-refractivity contribution < 1.29 is 10.2 Å². The molecule has 2 rings (SSSR count). The Bertz CT molecular complexity index is 388. The molecule has 1 aromatic carbocycles. The summed E-state index contributed by atoms with van der Waals surface area (Å²) in [5, 5.41) is 19.9. The zero-order chi connectivity index (χ0) is 13.8. The highest BCUT2D eigenvalue weighted by Crippen LogP contribution is 2.20. The third kappa shape index (κ3) is 4.03. The van der Waals surface area contributed by atoms with Crippen LogP contribution in [0.1, 0.15) is 49.8 Å². The van der Waals surface area contributed by atoms with E-state index in [9.17, 15) is 10.2 Å². The van der Waals surface area contributed by atoms with Gasteiger partial charge < -0.3 is 10.2 Å². The van der Waals surface area contributed by atoms with Crippen molar-refractivity contribution in [2.75, 3.05) is 19.6 Å². The minimum Gasteiger partial charge on any atom is -0.392 e. The minimum atomic E-state index is -0.466. The molecule has 0 aliphatic carbocycles. The molecule has 2 N–H and O–H groups in total. The van der Waals surface area contributed by atoms with Crippen LogP contribution in [0.2, 0.25) is 0 Å². The summed E-state index contributed by atoms with van der Waals surface area (Å²) in [6.07, 6.45) is 1.20. The van der Waals surface area contributed by atoms with Crippen LogP contribution >= 0.6 is 0 Å². The predicted octanol–water partition coefficient (Wildman–Crippen LogP) is 2.30. The second-order valence-corrected chi connectivity index (χ2v) is 5.89. The van der Waals surface area contributed by atoms with Crippen molar-refractivity contribution in [2.45, 2.75) is 44.8 Å². The molecule has 0 bridgehead atoms. The maximum Gasteiger partial charge on any atom is 0.0916 e. The van der Waals surface area contributed by atoms with Crippen LogP contribution in [0.3, 0.4) is 0 Å². The van der Waals surface area contributed by atoms with Gasteiger partial charge in [-0.15, -0.1) is 0 Å². The Balaban J connectivity index is 1.93. The molecule has 3 heteroatoms. The number of aliphatic hydroxyl groups excluding tert-OH is 2. The summed E-state index contributed by atoms with van der Waals surface area (Å²) in [4.78, 5) is 2.15. The standard InChI is InChI=1S/C16H25NO2/c1-12(2)13-5-7-14(8-6-13)16(19)11-17-9-3-4-15(18)10-17/h5-8,12,15-16,18-19H,3-4,9-11H2,1-2H3/t15-,16-/m1/s1. The van der Waals surface area contributed by atoms with Crippen molar-refractivity contribution in [3.8, 4) is 0 Å². The number of nitrogens with zero attached hydrogens (tertiary/aromatic N) is 1. The fourth-order valence-electron chi connectivity index (χ4n) is 2.65. The number of β-amino-alcohol motifs (C(OH)–C–C–N with tert-alkyl or cyclic N) is 2. The van der Waals surface area contributed by atoms with Crippen LogP contribution in [-0.4, -0.2) is 40.9 Å². The fraction of sp³-hybridized carbons (Fsp3) is 0.625. The largest absolute Gasteiger partial charge is 0.392 e. The first-order chi connectivity index (χ1) is 9.06. The third-order valence-corrected chi connectivity index (χ3v) is 3.90. The molecule has 3 nitrogen and oxygen atoms in total. The lowest BCUT2D eigenvalue weighted by atomic mass is 9.99. The number of hydrogen-bond acceptors (Lipinski definition) is 3.